The third kappa shape index (κ3) is 3.67. The van der Waals surface area contributed by atoms with E-state index in [1.165, 1.54) is 94.8 Å². The van der Waals surface area contributed by atoms with Gasteiger partial charge in [0, 0.05) is 11.4 Å². The van der Waals surface area contributed by atoms with Gasteiger partial charge in [-0.3, -0.25) is 0 Å². The predicted octanol–water partition coefficient (Wildman–Crippen LogP) is 6.75. The van der Waals surface area contributed by atoms with Crippen LogP contribution in [0.5, 0.6) is 0 Å². The van der Waals surface area contributed by atoms with E-state index in [0.717, 1.165) is 12.8 Å². The standard InChI is InChI=1S/C42H38B2N2/c1-25-21-27(3)39(28(4)22-25)43-31-13-7-9-17-35(31)45-38-20-12-16-34-42(38)46(37-19-11-15-33(43)41(37)45)36-18-10-8-14-32(36)44(34)40-29(5)23-26(2)24-30(40)6/h7-11,13-15,17-24H,12,16H2,1-6H3. The van der Waals surface area contributed by atoms with E-state index < -0.39 is 0 Å². The van der Waals surface area contributed by atoms with Gasteiger partial charge in [0.05, 0.1) is 22.8 Å². The van der Waals surface area contributed by atoms with Crippen molar-refractivity contribution in [1.82, 2.24) is 0 Å². The molecular weight excluding hydrogens is 554 g/mol. The predicted molar refractivity (Wildman–Crippen MR) is 199 cm³/mol. The summed E-state index contributed by atoms with van der Waals surface area (Å²) in [5.74, 6) is 0. The molecule has 0 saturated carbocycles. The molecule has 1 aliphatic carbocycles. The van der Waals surface area contributed by atoms with Crippen molar-refractivity contribution in [3.8, 4) is 0 Å². The molecule has 9 rings (SSSR count). The Morgan fingerprint density at radius 1 is 0.522 bits per heavy atom. The highest BCUT2D eigenvalue weighted by molar-refractivity contribution is 6.98. The topological polar surface area (TPSA) is 6.48 Å². The molecule has 0 N–H and O–H groups in total. The van der Waals surface area contributed by atoms with E-state index in [1.807, 2.05) is 0 Å². The number of fused-ring (bicyclic) bond motifs is 6. The maximum absolute atomic E-state index is 2.63. The first-order valence-electron chi connectivity index (χ1n) is 16.8. The molecule has 4 heteroatoms. The highest BCUT2D eigenvalue weighted by Gasteiger charge is 2.48. The zero-order valence-corrected chi connectivity index (χ0v) is 27.7. The fourth-order valence-electron chi connectivity index (χ4n) is 9.59. The van der Waals surface area contributed by atoms with Gasteiger partial charge in [-0.05, 0) is 89.0 Å². The summed E-state index contributed by atoms with van der Waals surface area (Å²) in [4.78, 5) is 5.25. The van der Waals surface area contributed by atoms with E-state index >= 15 is 0 Å². The lowest BCUT2D eigenvalue weighted by molar-refractivity contribution is 0.905. The number of anilines is 4. The van der Waals surface area contributed by atoms with Crippen LogP contribution in [-0.4, -0.2) is 13.4 Å². The number of hydrogen-bond donors (Lipinski definition) is 0. The molecule has 5 aromatic rings. The number of hydrogen-bond acceptors (Lipinski definition) is 2. The number of nitrogens with zero attached hydrogens (tertiary/aromatic N) is 2. The molecule has 0 fully saturated rings. The van der Waals surface area contributed by atoms with Crippen molar-refractivity contribution < 1.29 is 0 Å². The van der Waals surface area contributed by atoms with Crippen molar-refractivity contribution in [1.29, 1.82) is 0 Å². The van der Waals surface area contributed by atoms with Gasteiger partial charge in [-0.1, -0.05) is 129 Å². The molecule has 0 aromatic heterocycles. The maximum atomic E-state index is 2.63. The van der Waals surface area contributed by atoms with Gasteiger partial charge in [0.1, 0.15) is 0 Å². The first-order valence-corrected chi connectivity index (χ1v) is 16.8. The van der Waals surface area contributed by atoms with Crippen molar-refractivity contribution in [2.45, 2.75) is 54.4 Å². The van der Waals surface area contributed by atoms with Crippen LogP contribution in [0.25, 0.3) is 0 Å². The Bertz CT molecular complexity index is 2160. The third-order valence-corrected chi connectivity index (χ3v) is 11.0. The van der Waals surface area contributed by atoms with E-state index in [4.69, 9.17) is 0 Å². The van der Waals surface area contributed by atoms with Crippen LogP contribution >= 0.6 is 0 Å². The van der Waals surface area contributed by atoms with Crippen molar-refractivity contribution in [2.75, 3.05) is 9.80 Å². The number of aryl methyl sites for hydroxylation is 6. The Balaban J connectivity index is 1.37. The SMILES string of the molecule is Cc1cc(C)c(B2C3=C4C(=CCC3)N3c5ccccc5B(c5c(C)cc(C)cc5C)c5cccc(c53)N4c3ccccc32)c(C)c1. The maximum Gasteiger partial charge on any atom is 0.247 e. The second-order valence-electron chi connectivity index (χ2n) is 14.0. The van der Waals surface area contributed by atoms with Crippen LogP contribution in [-0.2, 0) is 0 Å². The second-order valence-corrected chi connectivity index (χ2v) is 14.0. The Morgan fingerprint density at radius 3 is 1.65 bits per heavy atom. The van der Waals surface area contributed by atoms with Crippen molar-refractivity contribution in [2.24, 2.45) is 0 Å². The first-order chi connectivity index (χ1) is 22.3. The highest BCUT2D eigenvalue weighted by Crippen LogP contribution is 2.53. The molecule has 2 nitrogen and oxygen atoms in total. The molecule has 0 saturated heterocycles. The Hall–Kier alpha value is -4.69. The summed E-state index contributed by atoms with van der Waals surface area (Å²) in [6, 6.07) is 34.9. The van der Waals surface area contributed by atoms with Gasteiger partial charge in [0.2, 0.25) is 13.4 Å². The quantitative estimate of drug-likeness (QED) is 0.210. The third-order valence-electron chi connectivity index (χ3n) is 11.0. The molecule has 4 aliphatic rings. The van der Waals surface area contributed by atoms with Gasteiger partial charge in [0.25, 0.3) is 0 Å². The van der Waals surface area contributed by atoms with Crippen LogP contribution in [0.1, 0.15) is 46.2 Å². The van der Waals surface area contributed by atoms with Gasteiger partial charge in [-0.25, -0.2) is 0 Å². The molecule has 0 spiro atoms. The first kappa shape index (κ1) is 27.6. The minimum Gasteiger partial charge on any atom is -0.308 e. The molecule has 0 atom stereocenters. The normalized spacial score (nSPS) is 15.7. The summed E-state index contributed by atoms with van der Waals surface area (Å²) in [6.07, 6.45) is 4.63. The van der Waals surface area contributed by atoms with Gasteiger partial charge >= 0.3 is 0 Å². The van der Waals surface area contributed by atoms with E-state index in [-0.39, 0.29) is 13.4 Å². The van der Waals surface area contributed by atoms with Crippen LogP contribution in [0.4, 0.5) is 22.7 Å². The average molecular weight is 592 g/mol. The van der Waals surface area contributed by atoms with Gasteiger partial charge in [0.15, 0.2) is 0 Å². The summed E-state index contributed by atoms with van der Waals surface area (Å²) in [7, 11) is 0. The summed E-state index contributed by atoms with van der Waals surface area (Å²) < 4.78 is 0. The minimum atomic E-state index is 0.169. The summed E-state index contributed by atoms with van der Waals surface area (Å²) in [5, 5.41) is 0. The lowest BCUT2D eigenvalue weighted by atomic mass is 9.32. The lowest BCUT2D eigenvalue weighted by Gasteiger charge is -2.51. The molecule has 0 unspecified atom stereocenters. The monoisotopic (exact) mass is 592 g/mol. The van der Waals surface area contributed by atoms with Crippen LogP contribution in [0.3, 0.4) is 0 Å². The number of benzene rings is 5. The zero-order chi connectivity index (χ0) is 31.4. The molecule has 222 valence electrons. The van der Waals surface area contributed by atoms with Crippen molar-refractivity contribution in [3.05, 3.63) is 147 Å². The van der Waals surface area contributed by atoms with Crippen LogP contribution in [0.15, 0.2) is 114 Å². The fraction of sp³-hybridized carbons (Fsp3) is 0.190. The summed E-state index contributed by atoms with van der Waals surface area (Å²) in [5.41, 5.74) is 24.8. The van der Waals surface area contributed by atoms with Crippen LogP contribution in [0, 0.1) is 41.5 Å². The molecule has 0 bridgehead atoms. The fourth-order valence-corrected chi connectivity index (χ4v) is 9.59. The zero-order valence-electron chi connectivity index (χ0n) is 27.7. The summed E-state index contributed by atoms with van der Waals surface area (Å²) in [6.45, 7) is 14.1. The number of allylic oxidation sites excluding steroid dienone is 2. The number of para-hydroxylation sites is 3. The van der Waals surface area contributed by atoms with Gasteiger partial charge in [-0.2, -0.15) is 0 Å². The molecule has 3 heterocycles. The van der Waals surface area contributed by atoms with E-state index in [9.17, 15) is 0 Å². The van der Waals surface area contributed by atoms with Crippen LogP contribution in [0.2, 0.25) is 0 Å². The molecule has 0 radical (unpaired) electrons. The van der Waals surface area contributed by atoms with Crippen LogP contribution < -0.4 is 37.1 Å². The summed E-state index contributed by atoms with van der Waals surface area (Å²) >= 11 is 0. The largest absolute Gasteiger partial charge is 0.308 e. The smallest absolute Gasteiger partial charge is 0.247 e. The van der Waals surface area contributed by atoms with E-state index in [0.29, 0.717) is 0 Å². The molecular formula is C42H38B2N2. The number of rotatable bonds is 2. The minimum absolute atomic E-state index is 0.169. The Morgan fingerprint density at radius 2 is 1.02 bits per heavy atom. The van der Waals surface area contributed by atoms with Crippen molar-refractivity contribution in [3.63, 3.8) is 0 Å². The Kier molecular flexibility index (Phi) is 5.94. The molecule has 0 amide bonds. The van der Waals surface area contributed by atoms with Crippen molar-refractivity contribution >= 4 is 63.5 Å². The highest BCUT2D eigenvalue weighted by atomic mass is 15.3. The van der Waals surface area contributed by atoms with Gasteiger partial charge < -0.3 is 9.80 Å². The average Bonchev–Trinajstić information content (AvgIpc) is 3.03. The lowest BCUT2D eigenvalue weighted by Crippen LogP contribution is -2.61. The van der Waals surface area contributed by atoms with E-state index in [2.05, 4.69) is 148 Å². The van der Waals surface area contributed by atoms with E-state index in [1.54, 1.807) is 5.47 Å². The Labute approximate surface area is 274 Å². The van der Waals surface area contributed by atoms with Gasteiger partial charge in [-0.15, -0.1) is 0 Å². The molecule has 46 heavy (non-hydrogen) atoms. The second kappa shape index (κ2) is 9.90. The molecule has 5 aromatic carbocycles. The molecule has 3 aliphatic heterocycles.